The Kier molecular flexibility index (Phi) is 5.41. The molecule has 2 N–H and O–H groups in total. The number of ether oxygens (including phenoxy) is 1. The number of aryl methyl sites for hydroxylation is 1. The van der Waals surface area contributed by atoms with Gasteiger partial charge in [0.15, 0.2) is 0 Å². The fourth-order valence-electron chi connectivity index (χ4n) is 2.75. The van der Waals surface area contributed by atoms with Crippen LogP contribution in [0.3, 0.4) is 0 Å². The molecule has 0 aliphatic heterocycles. The predicted octanol–water partition coefficient (Wildman–Crippen LogP) is 4.24. The van der Waals surface area contributed by atoms with Crippen molar-refractivity contribution in [1.29, 1.82) is 0 Å². The maximum Gasteiger partial charge on any atom is 0.320 e. The van der Waals surface area contributed by atoms with E-state index in [0.717, 1.165) is 41.1 Å². The maximum absolute atomic E-state index is 12.3. The van der Waals surface area contributed by atoms with Gasteiger partial charge in [-0.2, -0.15) is 0 Å². The van der Waals surface area contributed by atoms with Crippen molar-refractivity contribution in [2.75, 3.05) is 19.0 Å². The first-order valence-electron chi connectivity index (χ1n) is 8.80. The highest BCUT2D eigenvalue weighted by atomic mass is 16.5. The van der Waals surface area contributed by atoms with Crippen LogP contribution < -0.4 is 15.4 Å². The number of anilines is 1. The Morgan fingerprint density at radius 3 is 2.69 bits per heavy atom. The lowest BCUT2D eigenvalue weighted by atomic mass is 10.1. The second kappa shape index (κ2) is 7.91. The minimum Gasteiger partial charge on any atom is -0.497 e. The molecule has 0 unspecified atom stereocenters. The molecule has 0 atom stereocenters. The highest BCUT2D eigenvalue weighted by Gasteiger charge is 2.16. The van der Waals surface area contributed by atoms with Crippen molar-refractivity contribution >= 4 is 17.5 Å². The van der Waals surface area contributed by atoms with Crippen LogP contribution in [0.25, 0.3) is 16.9 Å². The van der Waals surface area contributed by atoms with Crippen LogP contribution in [0.4, 0.5) is 10.6 Å². The van der Waals surface area contributed by atoms with E-state index in [4.69, 9.17) is 9.72 Å². The van der Waals surface area contributed by atoms with Gasteiger partial charge in [0, 0.05) is 18.3 Å². The van der Waals surface area contributed by atoms with E-state index in [1.807, 2.05) is 53.9 Å². The van der Waals surface area contributed by atoms with Crippen molar-refractivity contribution in [3.05, 3.63) is 48.2 Å². The quantitative estimate of drug-likeness (QED) is 0.652. The van der Waals surface area contributed by atoms with E-state index < -0.39 is 0 Å². The second-order valence-electron chi connectivity index (χ2n) is 6.20. The summed E-state index contributed by atoms with van der Waals surface area (Å²) in [6.07, 6.45) is 3.91. The van der Waals surface area contributed by atoms with Crippen molar-refractivity contribution in [2.24, 2.45) is 0 Å². The van der Waals surface area contributed by atoms with E-state index in [1.165, 1.54) is 0 Å². The third-order valence-electron chi connectivity index (χ3n) is 4.19. The Hall–Kier alpha value is -3.02. The number of urea groups is 1. The normalized spacial score (nSPS) is 10.7. The number of imidazole rings is 1. The number of hydrogen-bond acceptors (Lipinski definition) is 3. The number of benzene rings is 1. The van der Waals surface area contributed by atoms with E-state index in [1.54, 1.807) is 7.11 Å². The summed E-state index contributed by atoms with van der Waals surface area (Å²) in [5, 5.41) is 5.84. The van der Waals surface area contributed by atoms with Crippen LogP contribution in [0, 0.1) is 6.92 Å². The fourth-order valence-corrected chi connectivity index (χ4v) is 2.75. The number of methoxy groups -OCH3 is 1. The van der Waals surface area contributed by atoms with E-state index in [9.17, 15) is 4.79 Å². The zero-order valence-corrected chi connectivity index (χ0v) is 15.4. The molecule has 2 amide bonds. The van der Waals surface area contributed by atoms with Crippen LogP contribution in [-0.2, 0) is 0 Å². The lowest BCUT2D eigenvalue weighted by Gasteiger charge is -2.09. The molecular weight excluding hydrogens is 328 g/mol. The molecule has 6 nitrogen and oxygen atoms in total. The van der Waals surface area contributed by atoms with Gasteiger partial charge in [0.2, 0.25) is 0 Å². The smallest absolute Gasteiger partial charge is 0.320 e. The summed E-state index contributed by atoms with van der Waals surface area (Å²) in [5.74, 6) is 1.43. The number of fused-ring (bicyclic) bond motifs is 1. The van der Waals surface area contributed by atoms with Gasteiger partial charge in [-0.25, -0.2) is 9.78 Å². The SMILES string of the molecule is CCCCNC(=O)Nc1c(-c2ccc(OC)cc2)nc2cc(C)ccn12. The zero-order valence-electron chi connectivity index (χ0n) is 15.4. The molecule has 2 heterocycles. The van der Waals surface area contributed by atoms with Crippen molar-refractivity contribution in [3.8, 4) is 17.0 Å². The number of unbranched alkanes of at least 4 members (excludes halogenated alkanes) is 1. The van der Waals surface area contributed by atoms with E-state index in [2.05, 4.69) is 17.6 Å². The third-order valence-corrected chi connectivity index (χ3v) is 4.19. The molecule has 0 fully saturated rings. The van der Waals surface area contributed by atoms with Crippen LogP contribution in [0.2, 0.25) is 0 Å². The number of hydrogen-bond donors (Lipinski definition) is 2. The van der Waals surface area contributed by atoms with Gasteiger partial charge in [0.05, 0.1) is 7.11 Å². The Labute approximate surface area is 153 Å². The van der Waals surface area contributed by atoms with Gasteiger partial charge in [-0.15, -0.1) is 0 Å². The maximum atomic E-state index is 12.3. The first-order valence-corrected chi connectivity index (χ1v) is 8.80. The van der Waals surface area contributed by atoms with Gasteiger partial charge in [-0.3, -0.25) is 9.72 Å². The van der Waals surface area contributed by atoms with E-state index in [-0.39, 0.29) is 6.03 Å². The molecule has 0 saturated heterocycles. The first-order chi connectivity index (χ1) is 12.6. The fraction of sp³-hybridized carbons (Fsp3) is 0.300. The third kappa shape index (κ3) is 3.79. The average Bonchev–Trinajstić information content (AvgIpc) is 2.99. The molecule has 0 aliphatic carbocycles. The van der Waals surface area contributed by atoms with Gasteiger partial charge >= 0.3 is 6.03 Å². The molecule has 1 aromatic carbocycles. The van der Waals surface area contributed by atoms with Crippen LogP contribution >= 0.6 is 0 Å². The number of carbonyl (C=O) groups is 1. The molecule has 2 aromatic heterocycles. The van der Waals surface area contributed by atoms with Crippen LogP contribution in [-0.4, -0.2) is 29.1 Å². The second-order valence-corrected chi connectivity index (χ2v) is 6.20. The molecule has 6 heteroatoms. The van der Waals surface area contributed by atoms with Crippen molar-refractivity contribution in [1.82, 2.24) is 14.7 Å². The summed E-state index contributed by atoms with van der Waals surface area (Å²) < 4.78 is 7.12. The number of carbonyl (C=O) groups excluding carboxylic acids is 1. The molecule has 26 heavy (non-hydrogen) atoms. The monoisotopic (exact) mass is 352 g/mol. The molecule has 0 saturated carbocycles. The summed E-state index contributed by atoms with van der Waals surface area (Å²) in [6.45, 7) is 4.76. The summed E-state index contributed by atoms with van der Waals surface area (Å²) in [5.41, 5.74) is 3.54. The lowest BCUT2D eigenvalue weighted by molar-refractivity contribution is 0.252. The Morgan fingerprint density at radius 1 is 1.23 bits per heavy atom. The van der Waals surface area contributed by atoms with Crippen LogP contribution in [0.15, 0.2) is 42.6 Å². The molecule has 136 valence electrons. The molecule has 0 bridgehead atoms. The molecule has 3 rings (SSSR count). The van der Waals surface area contributed by atoms with E-state index in [0.29, 0.717) is 12.4 Å². The predicted molar refractivity (Wildman–Crippen MR) is 104 cm³/mol. The van der Waals surface area contributed by atoms with Crippen LogP contribution in [0.1, 0.15) is 25.3 Å². The largest absolute Gasteiger partial charge is 0.497 e. The Bertz CT molecular complexity index is 900. The highest BCUT2D eigenvalue weighted by molar-refractivity contribution is 5.93. The molecule has 0 spiro atoms. The lowest BCUT2D eigenvalue weighted by Crippen LogP contribution is -2.30. The van der Waals surface area contributed by atoms with Gasteiger partial charge in [-0.05, 0) is 55.3 Å². The topological polar surface area (TPSA) is 67.7 Å². The van der Waals surface area contributed by atoms with Gasteiger partial charge in [-0.1, -0.05) is 13.3 Å². The minimum absolute atomic E-state index is 0.226. The Balaban J connectivity index is 1.99. The van der Waals surface area contributed by atoms with E-state index >= 15 is 0 Å². The minimum atomic E-state index is -0.226. The summed E-state index contributed by atoms with van der Waals surface area (Å²) in [7, 11) is 1.64. The number of amides is 2. The molecule has 0 aliphatic rings. The Morgan fingerprint density at radius 2 is 2.00 bits per heavy atom. The summed E-state index contributed by atoms with van der Waals surface area (Å²) in [4.78, 5) is 17.0. The van der Waals surface area contributed by atoms with Crippen molar-refractivity contribution < 1.29 is 9.53 Å². The van der Waals surface area contributed by atoms with Gasteiger partial charge < -0.3 is 10.1 Å². The number of pyridine rings is 1. The standard InChI is InChI=1S/C20H24N4O2/c1-4-5-11-21-20(25)23-19-18(15-6-8-16(26-3)9-7-15)22-17-13-14(2)10-12-24(17)19/h6-10,12-13H,4-5,11H2,1-3H3,(H2,21,23,25). The molecule has 3 aromatic rings. The summed E-state index contributed by atoms with van der Waals surface area (Å²) >= 11 is 0. The van der Waals surface area contributed by atoms with Crippen molar-refractivity contribution in [3.63, 3.8) is 0 Å². The molecular formula is C20H24N4O2. The summed E-state index contributed by atoms with van der Waals surface area (Å²) in [6, 6.07) is 11.4. The molecule has 0 radical (unpaired) electrons. The van der Waals surface area contributed by atoms with Crippen LogP contribution in [0.5, 0.6) is 5.75 Å². The zero-order chi connectivity index (χ0) is 18.5. The number of nitrogens with one attached hydrogen (secondary N) is 2. The number of aromatic nitrogens is 2. The number of rotatable bonds is 6. The van der Waals surface area contributed by atoms with Gasteiger partial charge in [0.1, 0.15) is 22.9 Å². The van der Waals surface area contributed by atoms with Crippen molar-refractivity contribution in [2.45, 2.75) is 26.7 Å². The average molecular weight is 352 g/mol. The van der Waals surface area contributed by atoms with Gasteiger partial charge in [0.25, 0.3) is 0 Å². The first kappa shape index (κ1) is 17.8. The number of nitrogens with zero attached hydrogens (tertiary/aromatic N) is 2. The highest BCUT2D eigenvalue weighted by Crippen LogP contribution is 2.30.